The molecule has 5 heterocycles. The smallest absolute Gasteiger partial charge is 0.261 e. The minimum atomic E-state index is -1.17. The fourth-order valence-corrected chi connectivity index (χ4v) is 8.65. The number of carbonyl (C=O) groups is 3. The van der Waals surface area contributed by atoms with Crippen LogP contribution in [0.4, 0.5) is 20.2 Å². The van der Waals surface area contributed by atoms with Crippen LogP contribution in [0.3, 0.4) is 0 Å². The van der Waals surface area contributed by atoms with E-state index in [2.05, 4.69) is 20.6 Å². The maximum Gasteiger partial charge on any atom is 0.261 e. The molecule has 7 rings (SSSR count). The zero-order valence-electron chi connectivity index (χ0n) is 30.0. The first-order chi connectivity index (χ1) is 26.0. The standard InChI is InChI=1S/C38H46F2N6O7S/c39-27-17-24(1-2-29(27)41-30-3-4-33(47)44-36(30)49)45-13-9-38(51,10-14-45)20-34(48)46-11-5-23(6-12-46)21-53-25-18-28(40)35-31(19-25)42-32(43-37(35)50)22-54-26-7-15-52-16-8-26/h1-2,17-19,23,26,30,41,51H,3-16,20-22H2,(H,42,43,50)(H,44,47,49). The Morgan fingerprint density at radius 1 is 1.02 bits per heavy atom. The summed E-state index contributed by atoms with van der Waals surface area (Å²) < 4.78 is 41.4. The van der Waals surface area contributed by atoms with Crippen LogP contribution >= 0.6 is 11.8 Å². The molecule has 13 nitrogen and oxygen atoms in total. The number of fused-ring (bicyclic) bond motifs is 1. The number of amides is 3. The van der Waals surface area contributed by atoms with Crippen molar-refractivity contribution in [3.8, 4) is 5.75 Å². The topological polar surface area (TPSA) is 166 Å². The SMILES string of the molecule is O=C1CCC(Nc2ccc(N3CCC(O)(CC(=O)N4CCC(COc5cc(F)c6c(=O)[nH]c(CSC7CCOCC7)nc6c5)CC4)CC3)cc2F)C(=O)N1. The molecule has 0 spiro atoms. The number of carbonyl (C=O) groups excluding carboxylic acids is 3. The van der Waals surface area contributed by atoms with E-state index in [1.165, 1.54) is 12.1 Å². The molecule has 1 aromatic heterocycles. The molecule has 1 atom stereocenters. The van der Waals surface area contributed by atoms with Gasteiger partial charge in [-0.05, 0) is 69.1 Å². The van der Waals surface area contributed by atoms with Crippen LogP contribution in [-0.2, 0) is 24.9 Å². The molecule has 4 saturated heterocycles. The molecule has 290 valence electrons. The lowest BCUT2D eigenvalue weighted by atomic mass is 9.87. The Labute approximate surface area is 315 Å². The van der Waals surface area contributed by atoms with E-state index in [0.29, 0.717) is 86.7 Å². The van der Waals surface area contributed by atoms with Crippen molar-refractivity contribution in [1.82, 2.24) is 20.2 Å². The second kappa shape index (κ2) is 16.6. The second-order valence-corrected chi connectivity index (χ2v) is 16.1. The van der Waals surface area contributed by atoms with Crippen LogP contribution in [-0.4, -0.2) is 101 Å². The van der Waals surface area contributed by atoms with Crippen molar-refractivity contribution in [3.63, 3.8) is 0 Å². The van der Waals surface area contributed by atoms with Crippen molar-refractivity contribution in [2.24, 2.45) is 5.92 Å². The highest BCUT2D eigenvalue weighted by Crippen LogP contribution is 2.33. The first-order valence-corrected chi connectivity index (χ1v) is 19.8. The third kappa shape index (κ3) is 9.15. The summed E-state index contributed by atoms with van der Waals surface area (Å²) in [6, 6.07) is 6.83. The van der Waals surface area contributed by atoms with Crippen molar-refractivity contribution in [2.75, 3.05) is 56.2 Å². The van der Waals surface area contributed by atoms with Crippen molar-refractivity contribution in [1.29, 1.82) is 0 Å². The number of likely N-dealkylation sites (tertiary alicyclic amines) is 1. The molecule has 2 aromatic carbocycles. The molecule has 4 fully saturated rings. The van der Waals surface area contributed by atoms with Crippen LogP contribution < -0.4 is 25.8 Å². The minimum Gasteiger partial charge on any atom is -0.493 e. The fraction of sp³-hybridized carbons (Fsp3) is 0.553. The highest BCUT2D eigenvalue weighted by Gasteiger charge is 2.37. The number of aromatic nitrogens is 2. The summed E-state index contributed by atoms with van der Waals surface area (Å²) >= 11 is 1.71. The number of halogens is 2. The van der Waals surface area contributed by atoms with E-state index in [1.807, 2.05) is 4.90 Å². The van der Waals surface area contributed by atoms with E-state index < -0.39 is 34.7 Å². The molecule has 4 N–H and O–H groups in total. The number of aliphatic hydroxyl groups is 1. The normalized spacial score (nSPS) is 21.3. The van der Waals surface area contributed by atoms with Gasteiger partial charge in [-0.15, -0.1) is 0 Å². The van der Waals surface area contributed by atoms with Crippen LogP contribution in [0.5, 0.6) is 5.75 Å². The molecular formula is C38H46F2N6O7S. The highest BCUT2D eigenvalue weighted by atomic mass is 32.2. The molecule has 4 aliphatic rings. The van der Waals surface area contributed by atoms with Crippen molar-refractivity contribution < 1.29 is 37.7 Å². The third-order valence-electron chi connectivity index (χ3n) is 10.9. The van der Waals surface area contributed by atoms with Gasteiger partial charge in [0.2, 0.25) is 17.7 Å². The van der Waals surface area contributed by atoms with Gasteiger partial charge in [0.05, 0.1) is 35.6 Å². The van der Waals surface area contributed by atoms with Gasteiger partial charge in [0.25, 0.3) is 5.56 Å². The number of ether oxygens (including phenoxy) is 2. The van der Waals surface area contributed by atoms with Crippen LogP contribution in [0.1, 0.15) is 63.6 Å². The lowest BCUT2D eigenvalue weighted by Gasteiger charge is -2.40. The quantitative estimate of drug-likeness (QED) is 0.209. The number of hydrogen-bond donors (Lipinski definition) is 4. The van der Waals surface area contributed by atoms with E-state index in [0.717, 1.165) is 26.1 Å². The van der Waals surface area contributed by atoms with Crippen LogP contribution in [0.15, 0.2) is 35.1 Å². The molecular weight excluding hydrogens is 723 g/mol. The van der Waals surface area contributed by atoms with Crippen LogP contribution in [0.25, 0.3) is 10.9 Å². The molecule has 0 aliphatic carbocycles. The highest BCUT2D eigenvalue weighted by molar-refractivity contribution is 7.99. The van der Waals surface area contributed by atoms with Gasteiger partial charge in [-0.2, -0.15) is 11.8 Å². The average molecular weight is 769 g/mol. The van der Waals surface area contributed by atoms with Gasteiger partial charge in [0.1, 0.15) is 34.6 Å². The Kier molecular flexibility index (Phi) is 11.7. The largest absolute Gasteiger partial charge is 0.493 e. The van der Waals surface area contributed by atoms with Gasteiger partial charge < -0.3 is 34.7 Å². The van der Waals surface area contributed by atoms with Crippen molar-refractivity contribution >= 4 is 51.8 Å². The average Bonchev–Trinajstić information content (AvgIpc) is 3.15. The number of hydrogen-bond acceptors (Lipinski definition) is 11. The Hall–Kier alpha value is -4.28. The maximum absolute atomic E-state index is 15.0. The Bertz CT molecular complexity index is 1930. The number of H-pyrrole nitrogens is 1. The molecule has 0 saturated carbocycles. The summed E-state index contributed by atoms with van der Waals surface area (Å²) in [6.45, 7) is 3.70. The lowest BCUT2D eigenvalue weighted by molar-refractivity contribution is -0.139. The first-order valence-electron chi connectivity index (χ1n) is 18.7. The Morgan fingerprint density at radius 3 is 2.50 bits per heavy atom. The number of piperidine rings is 3. The number of aromatic amines is 1. The lowest BCUT2D eigenvalue weighted by Crippen LogP contribution is -2.49. The summed E-state index contributed by atoms with van der Waals surface area (Å²) in [5, 5.41) is 16.8. The molecule has 54 heavy (non-hydrogen) atoms. The summed E-state index contributed by atoms with van der Waals surface area (Å²) in [7, 11) is 0. The second-order valence-electron chi connectivity index (χ2n) is 14.8. The molecule has 4 aliphatic heterocycles. The molecule has 16 heteroatoms. The zero-order chi connectivity index (χ0) is 37.8. The third-order valence-corrected chi connectivity index (χ3v) is 12.3. The first kappa shape index (κ1) is 38.0. The van der Waals surface area contributed by atoms with Gasteiger partial charge in [-0.25, -0.2) is 13.8 Å². The molecule has 3 aromatic rings. The number of nitrogens with zero attached hydrogens (tertiary/aromatic N) is 3. The number of rotatable bonds is 11. The summed E-state index contributed by atoms with van der Waals surface area (Å²) in [6.07, 6.45) is 4.46. The van der Waals surface area contributed by atoms with Crippen LogP contribution in [0.2, 0.25) is 0 Å². The molecule has 1 unspecified atom stereocenters. The van der Waals surface area contributed by atoms with Gasteiger partial charge in [-0.1, -0.05) is 0 Å². The Morgan fingerprint density at radius 2 is 1.78 bits per heavy atom. The molecule has 0 bridgehead atoms. The van der Waals surface area contributed by atoms with E-state index in [9.17, 15) is 24.3 Å². The number of anilines is 2. The predicted octanol–water partition coefficient (Wildman–Crippen LogP) is 3.87. The maximum atomic E-state index is 15.0. The van der Waals surface area contributed by atoms with E-state index in [1.54, 1.807) is 34.9 Å². The summed E-state index contributed by atoms with van der Waals surface area (Å²) in [5.41, 5.74) is -0.615. The van der Waals surface area contributed by atoms with E-state index >= 15 is 8.78 Å². The van der Waals surface area contributed by atoms with Gasteiger partial charge in [0, 0.05) is 68.9 Å². The number of thioether (sulfide) groups is 1. The van der Waals surface area contributed by atoms with Crippen molar-refractivity contribution in [2.45, 2.75) is 80.4 Å². The molecule has 0 radical (unpaired) electrons. The number of nitrogens with one attached hydrogen (secondary N) is 3. The van der Waals surface area contributed by atoms with E-state index in [-0.39, 0.29) is 53.6 Å². The monoisotopic (exact) mass is 768 g/mol. The van der Waals surface area contributed by atoms with Gasteiger partial charge in [0.15, 0.2) is 0 Å². The van der Waals surface area contributed by atoms with Crippen molar-refractivity contribution in [3.05, 3.63) is 58.1 Å². The van der Waals surface area contributed by atoms with Crippen LogP contribution in [0, 0.1) is 17.6 Å². The Balaban J connectivity index is 0.857. The zero-order valence-corrected chi connectivity index (χ0v) is 30.9. The predicted molar refractivity (Wildman–Crippen MR) is 199 cm³/mol. The minimum absolute atomic E-state index is 0.00322. The summed E-state index contributed by atoms with van der Waals surface area (Å²) in [5.74, 6) is -0.682. The fourth-order valence-electron chi connectivity index (χ4n) is 7.59. The number of benzene rings is 2. The van der Waals surface area contributed by atoms with Gasteiger partial charge in [-0.3, -0.25) is 24.5 Å². The number of imide groups is 1. The van der Waals surface area contributed by atoms with E-state index in [4.69, 9.17) is 9.47 Å². The summed E-state index contributed by atoms with van der Waals surface area (Å²) in [4.78, 5) is 60.4. The van der Waals surface area contributed by atoms with Gasteiger partial charge >= 0.3 is 0 Å². The molecule has 3 amide bonds.